The fourth-order valence-corrected chi connectivity index (χ4v) is 4.43. The Kier molecular flexibility index (Phi) is 5.59. The maximum atomic E-state index is 12.8. The second-order valence-electron chi connectivity index (χ2n) is 9.95. The number of carbonyl (C=O) groups is 1. The highest BCUT2D eigenvalue weighted by Gasteiger charge is 2.27. The molecule has 1 saturated heterocycles. The van der Waals surface area contributed by atoms with Gasteiger partial charge in [0.1, 0.15) is 5.75 Å². The Morgan fingerprint density at radius 1 is 0.971 bits per heavy atom. The number of hydrogen-bond acceptors (Lipinski definition) is 6. The lowest BCUT2D eigenvalue weighted by molar-refractivity contribution is -0.133. The topological polar surface area (TPSA) is 75.9 Å². The molecule has 2 aromatic heterocycles. The Morgan fingerprint density at radius 3 is 2.35 bits per heavy atom. The molecule has 176 valence electrons. The van der Waals surface area contributed by atoms with Gasteiger partial charge in [0.25, 0.3) is 0 Å². The second-order valence-corrected chi connectivity index (χ2v) is 9.95. The number of piperazine rings is 1. The summed E-state index contributed by atoms with van der Waals surface area (Å²) in [7, 11) is 1.65. The predicted molar refractivity (Wildman–Crippen MR) is 133 cm³/mol. The van der Waals surface area contributed by atoms with E-state index in [0.717, 1.165) is 39.6 Å². The predicted octanol–water partition coefficient (Wildman–Crippen LogP) is 4.04. The number of methoxy groups -OCH3 is 1. The van der Waals surface area contributed by atoms with E-state index in [1.807, 2.05) is 57.8 Å². The van der Waals surface area contributed by atoms with Crippen LogP contribution in [-0.2, 0) is 4.79 Å². The summed E-state index contributed by atoms with van der Waals surface area (Å²) in [6.07, 6.45) is 0.554. The Balaban J connectivity index is 1.53. The first kappa shape index (κ1) is 22.1. The van der Waals surface area contributed by atoms with Crippen molar-refractivity contribution in [3.63, 3.8) is 0 Å². The van der Waals surface area contributed by atoms with E-state index in [-0.39, 0.29) is 11.3 Å². The quantitative estimate of drug-likeness (QED) is 0.460. The van der Waals surface area contributed by atoms with Crippen molar-refractivity contribution < 1.29 is 9.53 Å². The van der Waals surface area contributed by atoms with Gasteiger partial charge in [-0.2, -0.15) is 0 Å². The molecule has 5 rings (SSSR count). The van der Waals surface area contributed by atoms with E-state index >= 15 is 0 Å². The number of aromatic nitrogens is 4. The van der Waals surface area contributed by atoms with Crippen LogP contribution in [0.15, 0.2) is 48.5 Å². The van der Waals surface area contributed by atoms with Crippen molar-refractivity contribution in [1.29, 1.82) is 0 Å². The molecule has 8 nitrogen and oxygen atoms in total. The molecule has 1 amide bonds. The molecule has 0 radical (unpaired) electrons. The summed E-state index contributed by atoms with van der Waals surface area (Å²) in [5.74, 6) is 2.54. The highest BCUT2D eigenvalue weighted by Crippen LogP contribution is 2.30. The van der Waals surface area contributed by atoms with Crippen molar-refractivity contribution in [2.45, 2.75) is 27.2 Å². The summed E-state index contributed by atoms with van der Waals surface area (Å²) >= 11 is 0. The molecule has 1 fully saturated rings. The minimum atomic E-state index is -0.0178. The van der Waals surface area contributed by atoms with Crippen LogP contribution < -0.4 is 9.64 Å². The van der Waals surface area contributed by atoms with Crippen LogP contribution in [0.5, 0.6) is 5.75 Å². The van der Waals surface area contributed by atoms with Gasteiger partial charge in [-0.15, -0.1) is 10.2 Å². The maximum Gasteiger partial charge on any atom is 0.223 e. The molecule has 0 saturated carbocycles. The zero-order chi connectivity index (χ0) is 23.9. The molecule has 0 N–H and O–H groups in total. The molecule has 1 aliphatic rings. The van der Waals surface area contributed by atoms with Crippen molar-refractivity contribution in [3.05, 3.63) is 48.5 Å². The normalized spacial score (nSPS) is 14.7. The third kappa shape index (κ3) is 4.16. The lowest BCUT2D eigenvalue weighted by atomic mass is 9.91. The van der Waals surface area contributed by atoms with E-state index in [1.54, 1.807) is 7.11 Å². The number of benzene rings is 2. The molecule has 8 heteroatoms. The lowest BCUT2D eigenvalue weighted by Gasteiger charge is -2.36. The smallest absolute Gasteiger partial charge is 0.223 e. The number of carbonyl (C=O) groups excluding carboxylic acids is 1. The monoisotopic (exact) mass is 458 g/mol. The molecular weight excluding hydrogens is 428 g/mol. The molecule has 0 atom stereocenters. The van der Waals surface area contributed by atoms with E-state index in [2.05, 4.69) is 35.9 Å². The third-order valence-electron chi connectivity index (χ3n) is 6.17. The number of hydrogen-bond donors (Lipinski definition) is 0. The molecule has 4 aromatic rings. The van der Waals surface area contributed by atoms with Gasteiger partial charge in [0.15, 0.2) is 11.5 Å². The Hall–Kier alpha value is -3.68. The average molecular weight is 459 g/mol. The molecule has 1 aliphatic heterocycles. The summed E-state index contributed by atoms with van der Waals surface area (Å²) in [5.41, 5.74) is 2.57. The molecule has 0 unspecified atom stereocenters. The Bertz CT molecular complexity index is 1330. The summed E-state index contributed by atoms with van der Waals surface area (Å²) in [6, 6.07) is 15.8. The van der Waals surface area contributed by atoms with Gasteiger partial charge in [-0.1, -0.05) is 32.9 Å². The van der Waals surface area contributed by atoms with Gasteiger partial charge in [0.05, 0.1) is 12.6 Å². The van der Waals surface area contributed by atoms with E-state index in [9.17, 15) is 4.79 Å². The van der Waals surface area contributed by atoms with E-state index in [1.165, 1.54) is 0 Å². The zero-order valence-electron chi connectivity index (χ0n) is 20.2. The number of anilines is 1. The largest absolute Gasteiger partial charge is 0.497 e. The van der Waals surface area contributed by atoms with Crippen molar-refractivity contribution in [1.82, 2.24) is 24.5 Å². The number of rotatable bonds is 4. The Morgan fingerprint density at radius 2 is 1.68 bits per heavy atom. The average Bonchev–Trinajstić information content (AvgIpc) is 3.28. The lowest BCUT2D eigenvalue weighted by Crippen LogP contribution is -2.50. The number of nitrogens with zero attached hydrogens (tertiary/aromatic N) is 6. The molecule has 3 heterocycles. The molecular formula is C26H30N6O2. The molecule has 0 aliphatic carbocycles. The number of amides is 1. The summed E-state index contributed by atoms with van der Waals surface area (Å²) < 4.78 is 7.35. The van der Waals surface area contributed by atoms with Crippen molar-refractivity contribution in [3.8, 4) is 17.1 Å². The van der Waals surface area contributed by atoms with Crippen molar-refractivity contribution in [2.24, 2.45) is 5.41 Å². The van der Waals surface area contributed by atoms with Crippen LogP contribution in [-0.4, -0.2) is 63.7 Å². The first-order valence-corrected chi connectivity index (χ1v) is 11.6. The SMILES string of the molecule is COc1ccc(-c2nnc3c4ccccc4nc(N4CCN(C(=O)CC(C)(C)C)CC4)n23)cc1. The molecule has 2 aromatic carbocycles. The summed E-state index contributed by atoms with van der Waals surface area (Å²) in [6.45, 7) is 9.06. The van der Waals surface area contributed by atoms with Crippen LogP contribution in [0.1, 0.15) is 27.2 Å². The molecule has 0 bridgehead atoms. The highest BCUT2D eigenvalue weighted by molar-refractivity contribution is 5.93. The van der Waals surface area contributed by atoms with Crippen LogP contribution in [0.4, 0.5) is 5.95 Å². The minimum absolute atomic E-state index is 0.0178. The fourth-order valence-electron chi connectivity index (χ4n) is 4.43. The van der Waals surface area contributed by atoms with Gasteiger partial charge in [-0.05, 0) is 41.8 Å². The van der Waals surface area contributed by atoms with Crippen LogP contribution in [0.3, 0.4) is 0 Å². The Labute approximate surface area is 199 Å². The van der Waals surface area contributed by atoms with Crippen molar-refractivity contribution >= 4 is 28.4 Å². The first-order chi connectivity index (χ1) is 16.3. The molecule has 0 spiro atoms. The fraction of sp³-hybridized carbons (Fsp3) is 0.385. The standard InChI is InChI=1S/C26H30N6O2/c1-26(2,3)17-22(33)30-13-15-31(16-14-30)25-27-21-8-6-5-7-20(21)24-29-28-23(32(24)25)18-9-11-19(34-4)12-10-18/h5-12H,13-17H2,1-4H3. The van der Waals surface area contributed by atoms with Crippen LogP contribution in [0.25, 0.3) is 27.9 Å². The first-order valence-electron chi connectivity index (χ1n) is 11.6. The summed E-state index contributed by atoms with van der Waals surface area (Å²) in [4.78, 5) is 22.0. The van der Waals surface area contributed by atoms with E-state index in [4.69, 9.17) is 9.72 Å². The van der Waals surface area contributed by atoms with E-state index < -0.39 is 0 Å². The van der Waals surface area contributed by atoms with Gasteiger partial charge in [0.2, 0.25) is 11.9 Å². The van der Waals surface area contributed by atoms with Crippen molar-refractivity contribution in [2.75, 3.05) is 38.2 Å². The number of para-hydroxylation sites is 1. The van der Waals surface area contributed by atoms with E-state index in [0.29, 0.717) is 32.6 Å². The van der Waals surface area contributed by atoms with Crippen LogP contribution in [0.2, 0.25) is 0 Å². The number of fused-ring (bicyclic) bond motifs is 3. The zero-order valence-corrected chi connectivity index (χ0v) is 20.2. The highest BCUT2D eigenvalue weighted by atomic mass is 16.5. The van der Waals surface area contributed by atoms with Gasteiger partial charge in [-0.25, -0.2) is 9.38 Å². The second kappa shape index (κ2) is 8.59. The van der Waals surface area contributed by atoms with Gasteiger partial charge in [0, 0.05) is 43.5 Å². The maximum absolute atomic E-state index is 12.8. The van der Waals surface area contributed by atoms with Gasteiger partial charge < -0.3 is 14.5 Å². The van der Waals surface area contributed by atoms with Crippen LogP contribution >= 0.6 is 0 Å². The minimum Gasteiger partial charge on any atom is -0.497 e. The summed E-state index contributed by atoms with van der Waals surface area (Å²) in [5, 5.41) is 10.1. The number of ether oxygens (including phenoxy) is 1. The van der Waals surface area contributed by atoms with Gasteiger partial charge in [-0.3, -0.25) is 4.79 Å². The van der Waals surface area contributed by atoms with Crippen LogP contribution in [0, 0.1) is 5.41 Å². The molecule has 34 heavy (non-hydrogen) atoms. The van der Waals surface area contributed by atoms with Gasteiger partial charge >= 0.3 is 0 Å². The third-order valence-corrected chi connectivity index (χ3v) is 6.17.